The first-order valence-corrected chi connectivity index (χ1v) is 8.23. The zero-order valence-electron chi connectivity index (χ0n) is 13.0. The van der Waals surface area contributed by atoms with E-state index in [0.717, 1.165) is 18.6 Å². The molecule has 1 N–H and O–H groups in total. The molecule has 130 valence electrons. The minimum Gasteiger partial charge on any atom is -0.480 e. The van der Waals surface area contributed by atoms with Crippen LogP contribution in [-0.2, 0) is 17.5 Å². The number of nitrogens with zero attached hydrogens (tertiary/aromatic N) is 2. The maximum atomic E-state index is 12.6. The van der Waals surface area contributed by atoms with Crippen LogP contribution in [0.25, 0.3) is 10.6 Å². The van der Waals surface area contributed by atoms with Crippen LogP contribution in [0, 0.1) is 0 Å². The molecule has 0 bridgehead atoms. The van der Waals surface area contributed by atoms with Gasteiger partial charge in [0.1, 0.15) is 5.01 Å². The summed E-state index contributed by atoms with van der Waals surface area (Å²) in [4.78, 5) is 17.0. The highest BCUT2D eigenvalue weighted by atomic mass is 32.1. The van der Waals surface area contributed by atoms with Crippen LogP contribution in [0.5, 0.6) is 0 Å². The maximum Gasteiger partial charge on any atom is 0.416 e. The summed E-state index contributed by atoms with van der Waals surface area (Å²) in [5, 5.41) is 11.3. The van der Waals surface area contributed by atoms with Crippen LogP contribution >= 0.6 is 11.3 Å². The van der Waals surface area contributed by atoms with Crippen molar-refractivity contribution in [2.24, 2.45) is 0 Å². The fourth-order valence-electron chi connectivity index (χ4n) is 2.26. The highest BCUT2D eigenvalue weighted by Crippen LogP contribution is 2.31. The molecule has 1 heterocycles. The van der Waals surface area contributed by atoms with Gasteiger partial charge in [-0.05, 0) is 25.1 Å². The second-order valence-electron chi connectivity index (χ2n) is 5.32. The number of benzene rings is 1. The van der Waals surface area contributed by atoms with Crippen molar-refractivity contribution in [2.75, 3.05) is 13.1 Å². The Morgan fingerprint density at radius 2 is 1.96 bits per heavy atom. The molecule has 0 saturated heterocycles. The van der Waals surface area contributed by atoms with E-state index in [0.29, 0.717) is 29.4 Å². The molecular weight excluding hydrogens is 341 g/mol. The van der Waals surface area contributed by atoms with Gasteiger partial charge in [-0.15, -0.1) is 11.3 Å². The number of aromatic nitrogens is 1. The van der Waals surface area contributed by atoms with Crippen LogP contribution in [0.1, 0.15) is 24.6 Å². The standard InChI is InChI=1S/C16H17F3N2O2S/c1-2-7-21(9-14(22)23)8-13-10-24-15(20-13)11-3-5-12(6-4-11)16(17,18)19/h3-6,10H,2,7-9H2,1H3,(H,22,23). The summed E-state index contributed by atoms with van der Waals surface area (Å²) in [6.07, 6.45) is -3.53. The molecule has 0 unspecified atom stereocenters. The Morgan fingerprint density at radius 3 is 2.50 bits per heavy atom. The summed E-state index contributed by atoms with van der Waals surface area (Å²) < 4.78 is 37.7. The molecule has 4 nitrogen and oxygen atoms in total. The molecule has 0 aliphatic carbocycles. The van der Waals surface area contributed by atoms with Gasteiger partial charge in [-0.1, -0.05) is 19.1 Å². The highest BCUT2D eigenvalue weighted by molar-refractivity contribution is 7.13. The number of carboxylic acid groups (broad SMARTS) is 1. The van der Waals surface area contributed by atoms with Crippen LogP contribution in [0.2, 0.25) is 0 Å². The fourth-order valence-corrected chi connectivity index (χ4v) is 3.08. The lowest BCUT2D eigenvalue weighted by Crippen LogP contribution is -2.30. The van der Waals surface area contributed by atoms with Crippen LogP contribution in [0.4, 0.5) is 13.2 Å². The Kier molecular flexibility index (Phi) is 5.95. The van der Waals surface area contributed by atoms with Crippen molar-refractivity contribution in [1.29, 1.82) is 0 Å². The summed E-state index contributed by atoms with van der Waals surface area (Å²) in [7, 11) is 0. The van der Waals surface area contributed by atoms with Crippen LogP contribution < -0.4 is 0 Å². The smallest absolute Gasteiger partial charge is 0.416 e. The Morgan fingerprint density at radius 1 is 1.29 bits per heavy atom. The molecule has 1 aromatic heterocycles. The minimum absolute atomic E-state index is 0.0685. The molecule has 24 heavy (non-hydrogen) atoms. The molecule has 8 heteroatoms. The number of aliphatic carboxylic acids is 1. The van der Waals surface area contributed by atoms with Crippen molar-refractivity contribution < 1.29 is 23.1 Å². The molecule has 0 amide bonds. The zero-order valence-corrected chi connectivity index (χ0v) is 13.8. The summed E-state index contributed by atoms with van der Waals surface area (Å²) in [5.41, 5.74) is 0.628. The minimum atomic E-state index is -4.36. The van der Waals surface area contributed by atoms with E-state index in [-0.39, 0.29) is 6.54 Å². The Hall–Kier alpha value is -1.93. The highest BCUT2D eigenvalue weighted by Gasteiger charge is 2.30. The number of hydrogen-bond donors (Lipinski definition) is 1. The van der Waals surface area contributed by atoms with Crippen molar-refractivity contribution in [2.45, 2.75) is 26.1 Å². The van der Waals surface area contributed by atoms with Gasteiger partial charge >= 0.3 is 12.1 Å². The lowest BCUT2D eigenvalue weighted by molar-refractivity contribution is -0.139. The Labute approximate surface area is 141 Å². The van der Waals surface area contributed by atoms with Gasteiger partial charge in [-0.2, -0.15) is 13.2 Å². The van der Waals surface area contributed by atoms with Crippen LogP contribution in [0.3, 0.4) is 0 Å². The number of carbonyl (C=O) groups is 1. The van der Waals surface area contributed by atoms with Crippen molar-refractivity contribution in [3.8, 4) is 10.6 Å². The van der Waals surface area contributed by atoms with Crippen molar-refractivity contribution in [1.82, 2.24) is 9.88 Å². The number of thiazole rings is 1. The fraction of sp³-hybridized carbons (Fsp3) is 0.375. The molecule has 0 radical (unpaired) electrons. The second-order valence-corrected chi connectivity index (χ2v) is 6.18. The van der Waals surface area contributed by atoms with Crippen LogP contribution in [-0.4, -0.2) is 34.0 Å². The van der Waals surface area contributed by atoms with E-state index in [9.17, 15) is 18.0 Å². The summed E-state index contributed by atoms with van der Waals surface area (Å²) in [6.45, 7) is 2.93. The first kappa shape index (κ1) is 18.4. The average Bonchev–Trinajstić information content (AvgIpc) is 2.94. The van der Waals surface area contributed by atoms with Gasteiger partial charge in [-0.3, -0.25) is 9.69 Å². The monoisotopic (exact) mass is 358 g/mol. The average molecular weight is 358 g/mol. The van der Waals surface area contributed by atoms with Gasteiger partial charge in [-0.25, -0.2) is 4.98 Å². The summed E-state index contributed by atoms with van der Waals surface area (Å²) in [5.74, 6) is -0.901. The Bertz CT molecular complexity index is 683. The number of carboxylic acids is 1. The molecule has 2 rings (SSSR count). The molecule has 0 fully saturated rings. The first-order valence-electron chi connectivity index (χ1n) is 7.35. The van der Waals surface area contributed by atoms with Gasteiger partial charge < -0.3 is 5.11 Å². The summed E-state index contributed by atoms with van der Waals surface area (Å²) >= 11 is 1.33. The summed E-state index contributed by atoms with van der Waals surface area (Å²) in [6, 6.07) is 4.85. The van der Waals surface area contributed by atoms with Crippen LogP contribution in [0.15, 0.2) is 29.6 Å². The third kappa shape index (κ3) is 5.04. The maximum absolute atomic E-state index is 12.6. The van der Waals surface area contributed by atoms with Gasteiger partial charge in [0.05, 0.1) is 17.8 Å². The van der Waals surface area contributed by atoms with E-state index in [1.54, 1.807) is 10.3 Å². The van der Waals surface area contributed by atoms with E-state index in [4.69, 9.17) is 5.11 Å². The van der Waals surface area contributed by atoms with Crippen molar-refractivity contribution in [3.05, 3.63) is 40.9 Å². The largest absolute Gasteiger partial charge is 0.480 e. The van der Waals surface area contributed by atoms with Gasteiger partial charge in [0.15, 0.2) is 0 Å². The van der Waals surface area contributed by atoms with Gasteiger partial charge in [0.2, 0.25) is 0 Å². The molecule has 0 aliphatic rings. The first-order chi connectivity index (χ1) is 11.3. The van der Waals surface area contributed by atoms with E-state index in [1.165, 1.54) is 23.5 Å². The quantitative estimate of drug-likeness (QED) is 0.809. The topological polar surface area (TPSA) is 53.4 Å². The van der Waals surface area contributed by atoms with Crippen molar-refractivity contribution in [3.63, 3.8) is 0 Å². The number of hydrogen-bond acceptors (Lipinski definition) is 4. The molecule has 0 spiro atoms. The van der Waals surface area contributed by atoms with E-state index >= 15 is 0 Å². The SMILES string of the molecule is CCCN(CC(=O)O)Cc1csc(-c2ccc(C(F)(F)F)cc2)n1. The predicted molar refractivity (Wildman–Crippen MR) is 85.8 cm³/mol. The molecule has 2 aromatic rings. The third-order valence-corrected chi connectivity index (χ3v) is 4.24. The lowest BCUT2D eigenvalue weighted by Gasteiger charge is -2.17. The number of halogens is 3. The third-order valence-electron chi connectivity index (χ3n) is 3.30. The predicted octanol–water partition coefficient (Wildman–Crippen LogP) is 4.13. The molecule has 0 aliphatic heterocycles. The normalized spacial score (nSPS) is 11.9. The molecule has 0 saturated carbocycles. The van der Waals surface area contributed by atoms with E-state index < -0.39 is 17.7 Å². The van der Waals surface area contributed by atoms with E-state index in [1.807, 2.05) is 6.92 Å². The lowest BCUT2D eigenvalue weighted by atomic mass is 10.1. The number of rotatable bonds is 7. The van der Waals surface area contributed by atoms with Gasteiger partial charge in [0.25, 0.3) is 0 Å². The van der Waals surface area contributed by atoms with E-state index in [2.05, 4.69) is 4.98 Å². The van der Waals surface area contributed by atoms with Gasteiger partial charge in [0, 0.05) is 17.5 Å². The Balaban J connectivity index is 2.10. The molecule has 1 aromatic carbocycles. The zero-order chi connectivity index (χ0) is 17.7. The molecular formula is C16H17F3N2O2S. The van der Waals surface area contributed by atoms with Crippen molar-refractivity contribution >= 4 is 17.3 Å². The number of alkyl halides is 3. The second kappa shape index (κ2) is 7.76. The molecule has 0 atom stereocenters.